The summed E-state index contributed by atoms with van der Waals surface area (Å²) >= 11 is 0. The number of nitrogens with one attached hydrogen (secondary N) is 1. The van der Waals surface area contributed by atoms with Crippen LogP contribution in [0, 0.1) is 15.9 Å². The quantitative estimate of drug-likeness (QED) is 0.606. The molecule has 1 aromatic heterocycles. The summed E-state index contributed by atoms with van der Waals surface area (Å²) in [4.78, 5) is 12.4. The number of H-pyrrole nitrogens is 1. The summed E-state index contributed by atoms with van der Waals surface area (Å²) in [5, 5.41) is 10.5. The number of halogens is 1. The summed E-state index contributed by atoms with van der Waals surface area (Å²) in [6, 6.07) is 4.61. The second-order valence-electron chi connectivity index (χ2n) is 3.01. The number of benzene rings is 1. The van der Waals surface area contributed by atoms with Crippen LogP contribution in [0.1, 0.15) is 5.56 Å². The Labute approximate surface area is 84.2 Å². The molecule has 2 rings (SSSR count). The van der Waals surface area contributed by atoms with E-state index >= 15 is 0 Å². The molecule has 0 atom stereocenters. The average molecular weight is 206 g/mol. The van der Waals surface area contributed by atoms with Gasteiger partial charge in [-0.25, -0.2) is 4.39 Å². The average Bonchev–Trinajstić information content (AvgIpc) is 2.59. The largest absolute Gasteiger partial charge is 0.360 e. The zero-order valence-electron chi connectivity index (χ0n) is 7.61. The third kappa shape index (κ3) is 1.71. The van der Waals surface area contributed by atoms with Gasteiger partial charge in [-0.15, -0.1) is 0 Å². The van der Waals surface area contributed by atoms with Crippen LogP contribution in [0.3, 0.4) is 0 Å². The van der Waals surface area contributed by atoms with E-state index in [9.17, 15) is 14.5 Å². The number of rotatable bonds is 2. The van der Waals surface area contributed by atoms with Gasteiger partial charge in [0.2, 0.25) is 6.20 Å². The van der Waals surface area contributed by atoms with Crippen LogP contribution in [0.5, 0.6) is 0 Å². The lowest BCUT2D eigenvalue weighted by molar-refractivity contribution is -0.400. The van der Waals surface area contributed by atoms with Gasteiger partial charge in [-0.3, -0.25) is 10.1 Å². The molecule has 2 aromatic rings. The van der Waals surface area contributed by atoms with E-state index in [0.717, 1.165) is 6.20 Å². The van der Waals surface area contributed by atoms with E-state index < -0.39 is 10.7 Å². The molecule has 15 heavy (non-hydrogen) atoms. The van der Waals surface area contributed by atoms with E-state index in [1.807, 2.05) is 0 Å². The van der Waals surface area contributed by atoms with E-state index in [0.29, 0.717) is 16.5 Å². The number of hydrogen-bond acceptors (Lipinski definition) is 2. The highest BCUT2D eigenvalue weighted by Crippen LogP contribution is 2.22. The minimum absolute atomic E-state index is 0.371. The molecule has 4 nitrogen and oxygen atoms in total. The van der Waals surface area contributed by atoms with Crippen molar-refractivity contribution >= 4 is 17.0 Å². The highest BCUT2D eigenvalue weighted by atomic mass is 19.1. The fourth-order valence-electron chi connectivity index (χ4n) is 1.44. The molecule has 76 valence electrons. The van der Waals surface area contributed by atoms with E-state index in [1.165, 1.54) is 18.3 Å². The lowest BCUT2D eigenvalue weighted by Crippen LogP contribution is -1.82. The molecule has 0 bridgehead atoms. The molecule has 0 radical (unpaired) electrons. The first-order valence-corrected chi connectivity index (χ1v) is 4.26. The third-order valence-corrected chi connectivity index (χ3v) is 2.06. The Morgan fingerprint density at radius 1 is 1.47 bits per heavy atom. The van der Waals surface area contributed by atoms with Crippen LogP contribution in [-0.2, 0) is 0 Å². The Morgan fingerprint density at radius 3 is 3.00 bits per heavy atom. The second kappa shape index (κ2) is 3.53. The smallest absolute Gasteiger partial charge is 0.235 e. The van der Waals surface area contributed by atoms with Gasteiger partial charge in [-0.2, -0.15) is 0 Å². The van der Waals surface area contributed by atoms with Gasteiger partial charge in [0.15, 0.2) is 0 Å². The number of aromatic nitrogens is 1. The molecule has 0 saturated heterocycles. The predicted molar refractivity (Wildman–Crippen MR) is 54.3 cm³/mol. The molecule has 0 aliphatic heterocycles. The monoisotopic (exact) mass is 206 g/mol. The zero-order chi connectivity index (χ0) is 10.8. The van der Waals surface area contributed by atoms with E-state index in [1.54, 1.807) is 12.1 Å². The molecular weight excluding hydrogens is 199 g/mol. The molecule has 1 N–H and O–H groups in total. The van der Waals surface area contributed by atoms with E-state index in [2.05, 4.69) is 4.98 Å². The summed E-state index contributed by atoms with van der Waals surface area (Å²) < 4.78 is 13.4. The number of nitrogens with zero attached hydrogens (tertiary/aromatic N) is 1. The molecule has 1 heterocycles. The lowest BCUT2D eigenvalue weighted by atomic mass is 10.1. The molecule has 1 aromatic carbocycles. The van der Waals surface area contributed by atoms with E-state index in [-0.39, 0.29) is 0 Å². The Balaban J connectivity index is 2.57. The fourth-order valence-corrected chi connectivity index (χ4v) is 1.44. The van der Waals surface area contributed by atoms with Crippen molar-refractivity contribution in [3.8, 4) is 0 Å². The Bertz CT molecular complexity index is 545. The van der Waals surface area contributed by atoms with Gasteiger partial charge in [-0.1, -0.05) is 6.07 Å². The molecule has 0 unspecified atom stereocenters. The number of aromatic amines is 1. The molecular formula is C10H7FN2O2. The normalized spacial score (nSPS) is 11.3. The summed E-state index contributed by atoms with van der Waals surface area (Å²) in [5.74, 6) is -0.392. The van der Waals surface area contributed by atoms with Gasteiger partial charge in [0.1, 0.15) is 5.82 Å². The van der Waals surface area contributed by atoms with Gasteiger partial charge in [0.25, 0.3) is 0 Å². The summed E-state index contributed by atoms with van der Waals surface area (Å²) in [7, 11) is 0. The third-order valence-electron chi connectivity index (χ3n) is 2.06. The molecule has 0 amide bonds. The first-order valence-electron chi connectivity index (χ1n) is 4.26. The van der Waals surface area contributed by atoms with Gasteiger partial charge < -0.3 is 4.98 Å². The number of nitro groups is 1. The maximum absolute atomic E-state index is 13.4. The fraction of sp³-hybridized carbons (Fsp3) is 0. The highest BCUT2D eigenvalue weighted by molar-refractivity contribution is 5.89. The molecule has 0 saturated carbocycles. The number of fused-ring (bicyclic) bond motifs is 1. The van der Waals surface area contributed by atoms with Crippen molar-refractivity contribution in [3.05, 3.63) is 52.1 Å². The summed E-state index contributed by atoms with van der Waals surface area (Å²) in [6.45, 7) is 0. The van der Waals surface area contributed by atoms with Crippen molar-refractivity contribution in [2.75, 3.05) is 0 Å². The first kappa shape index (κ1) is 9.39. The van der Waals surface area contributed by atoms with Crippen LogP contribution in [0.15, 0.2) is 30.6 Å². The molecule has 5 heteroatoms. The van der Waals surface area contributed by atoms with Gasteiger partial charge in [0, 0.05) is 28.7 Å². The van der Waals surface area contributed by atoms with Crippen molar-refractivity contribution in [2.24, 2.45) is 0 Å². The highest BCUT2D eigenvalue weighted by Gasteiger charge is 2.06. The van der Waals surface area contributed by atoms with Crippen molar-refractivity contribution in [1.29, 1.82) is 0 Å². The minimum Gasteiger partial charge on any atom is -0.360 e. The van der Waals surface area contributed by atoms with Crippen molar-refractivity contribution < 1.29 is 9.31 Å². The topological polar surface area (TPSA) is 58.9 Å². The summed E-state index contributed by atoms with van der Waals surface area (Å²) in [6.07, 6.45) is 3.59. The predicted octanol–water partition coefficient (Wildman–Crippen LogP) is 2.55. The van der Waals surface area contributed by atoms with Crippen LogP contribution in [0.4, 0.5) is 4.39 Å². The SMILES string of the molecule is O=[N+]([O-])C=Cc1c[nH]c2cccc(F)c12. The molecule has 0 aliphatic rings. The van der Waals surface area contributed by atoms with E-state index in [4.69, 9.17) is 0 Å². The molecule has 0 fully saturated rings. The lowest BCUT2D eigenvalue weighted by Gasteiger charge is -1.92. The molecule has 0 spiro atoms. The first-order chi connectivity index (χ1) is 7.18. The van der Waals surface area contributed by atoms with Gasteiger partial charge >= 0.3 is 0 Å². The Morgan fingerprint density at radius 2 is 2.27 bits per heavy atom. The van der Waals surface area contributed by atoms with Gasteiger partial charge in [0.05, 0.1) is 4.92 Å². The minimum atomic E-state index is -0.584. The van der Waals surface area contributed by atoms with Crippen molar-refractivity contribution in [1.82, 2.24) is 4.98 Å². The maximum Gasteiger partial charge on any atom is 0.235 e. The van der Waals surface area contributed by atoms with Crippen molar-refractivity contribution in [2.45, 2.75) is 0 Å². The standard InChI is InChI=1S/C10H7FN2O2/c11-8-2-1-3-9-10(8)7(6-12-9)4-5-13(14)15/h1-6,12H. The van der Waals surface area contributed by atoms with Crippen LogP contribution in [0.2, 0.25) is 0 Å². The van der Waals surface area contributed by atoms with Crippen molar-refractivity contribution in [3.63, 3.8) is 0 Å². The number of hydrogen-bond donors (Lipinski definition) is 1. The maximum atomic E-state index is 13.4. The van der Waals surface area contributed by atoms with Crippen LogP contribution >= 0.6 is 0 Å². The molecule has 0 aliphatic carbocycles. The van der Waals surface area contributed by atoms with Crippen LogP contribution in [-0.4, -0.2) is 9.91 Å². The second-order valence-corrected chi connectivity index (χ2v) is 3.01. The van der Waals surface area contributed by atoms with Crippen LogP contribution < -0.4 is 0 Å². The van der Waals surface area contributed by atoms with Crippen LogP contribution in [0.25, 0.3) is 17.0 Å². The Kier molecular flexibility index (Phi) is 2.21. The summed E-state index contributed by atoms with van der Waals surface area (Å²) in [5.41, 5.74) is 1.10. The zero-order valence-corrected chi connectivity index (χ0v) is 7.61. The van der Waals surface area contributed by atoms with Gasteiger partial charge in [-0.05, 0) is 12.1 Å². The Hall–Kier alpha value is -2.17.